The van der Waals surface area contributed by atoms with E-state index in [-0.39, 0.29) is 29.2 Å². The molecule has 20 heavy (non-hydrogen) atoms. The van der Waals surface area contributed by atoms with Crippen LogP contribution in [0.2, 0.25) is 0 Å². The molecule has 0 aliphatic carbocycles. The van der Waals surface area contributed by atoms with Crippen molar-refractivity contribution < 1.29 is 23.1 Å². The van der Waals surface area contributed by atoms with E-state index in [0.717, 1.165) is 0 Å². The van der Waals surface area contributed by atoms with Crippen LogP contribution in [-0.4, -0.2) is 42.9 Å². The molecule has 0 aromatic heterocycles. The Hall–Kier alpha value is -1.11. The van der Waals surface area contributed by atoms with E-state index in [2.05, 4.69) is 5.32 Å². The van der Waals surface area contributed by atoms with Crippen molar-refractivity contribution in [3.63, 3.8) is 0 Å². The molecule has 2 unspecified atom stereocenters. The van der Waals surface area contributed by atoms with E-state index >= 15 is 0 Å². The topological polar surface area (TPSA) is 101 Å². The fourth-order valence-electron chi connectivity index (χ4n) is 2.45. The largest absolute Gasteiger partial charge is 0.481 e. The minimum absolute atomic E-state index is 0.0357. The number of rotatable bonds is 5. The van der Waals surface area contributed by atoms with E-state index in [0.29, 0.717) is 12.8 Å². The summed E-state index contributed by atoms with van der Waals surface area (Å²) in [6.07, 6.45) is 0.705. The molecule has 1 fully saturated rings. The van der Waals surface area contributed by atoms with Gasteiger partial charge in [-0.25, -0.2) is 8.42 Å². The first-order valence-corrected chi connectivity index (χ1v) is 8.53. The molecule has 0 radical (unpaired) electrons. The molecule has 1 saturated heterocycles. The van der Waals surface area contributed by atoms with Gasteiger partial charge in [0, 0.05) is 6.04 Å². The summed E-state index contributed by atoms with van der Waals surface area (Å²) >= 11 is 0. The number of carboxylic acids is 1. The lowest BCUT2D eigenvalue weighted by Crippen LogP contribution is -2.42. The number of carbonyl (C=O) groups excluding carboxylic acids is 1. The zero-order valence-corrected chi connectivity index (χ0v) is 13.0. The Morgan fingerprint density at radius 2 is 1.95 bits per heavy atom. The van der Waals surface area contributed by atoms with Crippen molar-refractivity contribution in [1.82, 2.24) is 5.32 Å². The van der Waals surface area contributed by atoms with Crippen LogP contribution < -0.4 is 5.32 Å². The predicted molar refractivity (Wildman–Crippen MR) is 75.0 cm³/mol. The van der Waals surface area contributed by atoms with Gasteiger partial charge in [0.25, 0.3) is 0 Å². The van der Waals surface area contributed by atoms with Crippen LogP contribution in [0.15, 0.2) is 0 Å². The first kappa shape index (κ1) is 16.9. The van der Waals surface area contributed by atoms with Crippen LogP contribution in [-0.2, 0) is 19.4 Å². The predicted octanol–water partition coefficient (Wildman–Crippen LogP) is 0.817. The van der Waals surface area contributed by atoms with Gasteiger partial charge in [-0.3, -0.25) is 9.59 Å². The highest BCUT2D eigenvalue weighted by Gasteiger charge is 2.34. The molecule has 1 aliphatic heterocycles. The number of nitrogens with one attached hydrogen (secondary N) is 1. The monoisotopic (exact) mass is 305 g/mol. The summed E-state index contributed by atoms with van der Waals surface area (Å²) in [7, 11) is -3.11. The van der Waals surface area contributed by atoms with Crippen molar-refractivity contribution in [3.8, 4) is 0 Å². The van der Waals surface area contributed by atoms with E-state index in [4.69, 9.17) is 5.11 Å². The molecule has 0 aromatic carbocycles. The molecule has 0 aromatic rings. The summed E-state index contributed by atoms with van der Waals surface area (Å²) in [5, 5.41) is 11.6. The van der Waals surface area contributed by atoms with Gasteiger partial charge in [0.1, 0.15) is 0 Å². The lowest BCUT2D eigenvalue weighted by Gasteiger charge is -2.26. The second-order valence-corrected chi connectivity index (χ2v) is 8.90. The number of aliphatic carboxylic acids is 1. The Labute approximate surface area is 119 Å². The first-order chi connectivity index (χ1) is 8.98. The van der Waals surface area contributed by atoms with Gasteiger partial charge in [0.05, 0.1) is 23.8 Å². The molecule has 0 spiro atoms. The molecule has 1 heterocycles. The summed E-state index contributed by atoms with van der Waals surface area (Å²) in [6.45, 7) is 5.90. The summed E-state index contributed by atoms with van der Waals surface area (Å²) in [5.74, 6) is -1.96. The smallest absolute Gasteiger partial charge is 0.305 e. The van der Waals surface area contributed by atoms with Crippen LogP contribution in [0.5, 0.6) is 0 Å². The van der Waals surface area contributed by atoms with Crippen LogP contribution in [0.3, 0.4) is 0 Å². The van der Waals surface area contributed by atoms with Gasteiger partial charge in [-0.2, -0.15) is 0 Å². The van der Waals surface area contributed by atoms with Crippen molar-refractivity contribution in [2.24, 2.45) is 11.3 Å². The maximum Gasteiger partial charge on any atom is 0.305 e. The van der Waals surface area contributed by atoms with Crippen LogP contribution in [0.1, 0.15) is 40.0 Å². The highest BCUT2D eigenvalue weighted by Crippen LogP contribution is 2.24. The minimum atomic E-state index is -3.11. The lowest BCUT2D eigenvalue weighted by atomic mass is 9.86. The van der Waals surface area contributed by atoms with Crippen molar-refractivity contribution in [1.29, 1.82) is 0 Å². The van der Waals surface area contributed by atoms with Gasteiger partial charge in [-0.05, 0) is 18.3 Å². The van der Waals surface area contributed by atoms with E-state index in [9.17, 15) is 18.0 Å². The summed E-state index contributed by atoms with van der Waals surface area (Å²) in [5.41, 5.74) is -0.116. The van der Waals surface area contributed by atoms with Gasteiger partial charge in [0.15, 0.2) is 9.84 Å². The molecule has 116 valence electrons. The van der Waals surface area contributed by atoms with Crippen LogP contribution >= 0.6 is 0 Å². The van der Waals surface area contributed by atoms with Crippen molar-refractivity contribution in [2.45, 2.75) is 46.1 Å². The number of hydrogen-bond donors (Lipinski definition) is 2. The Kier molecular flexibility index (Phi) is 5.18. The third kappa shape index (κ3) is 5.90. The van der Waals surface area contributed by atoms with E-state index in [1.54, 1.807) is 0 Å². The summed E-state index contributed by atoms with van der Waals surface area (Å²) in [4.78, 5) is 22.9. The fourth-order valence-corrected chi connectivity index (χ4v) is 4.19. The number of carboxylic acid groups (broad SMARTS) is 1. The molecular weight excluding hydrogens is 282 g/mol. The molecular formula is C13H23NO5S. The number of hydrogen-bond acceptors (Lipinski definition) is 4. The molecule has 0 saturated carbocycles. The van der Waals surface area contributed by atoms with Gasteiger partial charge >= 0.3 is 5.97 Å². The minimum Gasteiger partial charge on any atom is -0.481 e. The number of amides is 1. The van der Waals surface area contributed by atoms with E-state index < -0.39 is 27.8 Å². The lowest BCUT2D eigenvalue weighted by molar-refractivity contribution is -0.138. The molecule has 2 N–H and O–H groups in total. The Morgan fingerprint density at radius 3 is 2.35 bits per heavy atom. The van der Waals surface area contributed by atoms with Gasteiger partial charge in [0.2, 0.25) is 5.91 Å². The average molecular weight is 305 g/mol. The van der Waals surface area contributed by atoms with Gasteiger partial charge < -0.3 is 10.4 Å². The third-order valence-electron chi connectivity index (χ3n) is 3.23. The van der Waals surface area contributed by atoms with Crippen LogP contribution in [0, 0.1) is 11.3 Å². The quantitative estimate of drug-likeness (QED) is 0.783. The third-order valence-corrected chi connectivity index (χ3v) is 5.00. The van der Waals surface area contributed by atoms with Crippen molar-refractivity contribution in [2.75, 3.05) is 11.5 Å². The molecule has 0 bridgehead atoms. The zero-order chi connectivity index (χ0) is 15.6. The molecule has 7 heteroatoms. The van der Waals surface area contributed by atoms with Crippen LogP contribution in [0.25, 0.3) is 0 Å². The maximum absolute atomic E-state index is 12.0. The van der Waals surface area contributed by atoms with Crippen molar-refractivity contribution >= 4 is 21.7 Å². The van der Waals surface area contributed by atoms with Gasteiger partial charge in [-0.1, -0.05) is 20.8 Å². The fraction of sp³-hybridized carbons (Fsp3) is 0.846. The molecule has 2 atom stereocenters. The molecule has 6 nitrogen and oxygen atoms in total. The first-order valence-electron chi connectivity index (χ1n) is 6.71. The molecule has 1 aliphatic rings. The highest BCUT2D eigenvalue weighted by atomic mass is 32.2. The standard InChI is InChI=1S/C13H23NO5S/c1-13(2,3)7-10(6-11(15)16)14-12(17)9-4-5-20(18,19)8-9/h9-10H,4-8H2,1-3H3,(H,14,17)(H,15,16). The summed E-state index contributed by atoms with van der Waals surface area (Å²) < 4.78 is 22.7. The Morgan fingerprint density at radius 1 is 1.35 bits per heavy atom. The average Bonchev–Trinajstić information content (AvgIpc) is 2.55. The Balaban J connectivity index is 2.65. The van der Waals surface area contributed by atoms with Crippen LogP contribution in [0.4, 0.5) is 0 Å². The summed E-state index contributed by atoms with van der Waals surface area (Å²) in [6, 6.07) is -0.469. The zero-order valence-electron chi connectivity index (χ0n) is 12.2. The second kappa shape index (κ2) is 6.11. The molecule has 1 amide bonds. The second-order valence-electron chi connectivity index (χ2n) is 6.67. The number of carbonyl (C=O) groups is 2. The van der Waals surface area contributed by atoms with Crippen molar-refractivity contribution in [3.05, 3.63) is 0 Å². The van der Waals surface area contributed by atoms with Gasteiger partial charge in [-0.15, -0.1) is 0 Å². The highest BCUT2D eigenvalue weighted by molar-refractivity contribution is 7.91. The SMILES string of the molecule is CC(C)(C)CC(CC(=O)O)NC(=O)C1CCS(=O)(=O)C1. The maximum atomic E-state index is 12.0. The van der Waals surface area contributed by atoms with E-state index in [1.807, 2.05) is 20.8 Å². The number of sulfone groups is 1. The normalized spacial score (nSPS) is 23.2. The Bertz CT molecular complexity index is 477. The van der Waals surface area contributed by atoms with E-state index in [1.165, 1.54) is 0 Å². The molecule has 1 rings (SSSR count).